The van der Waals surface area contributed by atoms with Gasteiger partial charge in [-0.25, -0.2) is 18.6 Å². The third-order valence-electron chi connectivity index (χ3n) is 1.81. The number of rotatable bonds is 3. The highest BCUT2D eigenvalue weighted by Crippen LogP contribution is 2.19. The van der Waals surface area contributed by atoms with Gasteiger partial charge in [0.05, 0.1) is 5.02 Å². The molecule has 0 saturated carbocycles. The molecule has 1 aromatic carbocycles. The molecule has 1 amide bonds. The summed E-state index contributed by atoms with van der Waals surface area (Å²) in [5.41, 5.74) is 1.23. The second-order valence-corrected chi connectivity index (χ2v) is 6.72. The smallest absolute Gasteiger partial charge is 0.423 e. The van der Waals surface area contributed by atoms with E-state index in [1.165, 1.54) is 18.2 Å². The van der Waals surface area contributed by atoms with E-state index in [1.807, 2.05) is 10.3 Å². The highest BCUT2D eigenvalue weighted by Gasteiger charge is 2.20. The van der Waals surface area contributed by atoms with Crippen LogP contribution in [0.5, 0.6) is 0 Å². The van der Waals surface area contributed by atoms with E-state index in [-0.39, 0.29) is 9.92 Å². The van der Waals surface area contributed by atoms with Crippen LogP contribution in [0.2, 0.25) is 5.02 Å². The number of halogens is 1. The summed E-state index contributed by atoms with van der Waals surface area (Å²) in [6.45, 7) is 4.99. The van der Waals surface area contributed by atoms with E-state index >= 15 is 0 Å². The first kappa shape index (κ1) is 15.7. The molecule has 0 aromatic heterocycles. The average Bonchev–Trinajstić information content (AvgIpc) is 2.24. The summed E-state index contributed by atoms with van der Waals surface area (Å²) in [5, 5.41) is 0.0565. The number of hydrogen-bond donors (Lipinski definition) is 2. The molecule has 1 aromatic rings. The zero-order valence-electron chi connectivity index (χ0n) is 10.7. The van der Waals surface area contributed by atoms with Gasteiger partial charge in [0.1, 0.15) is 10.5 Å². The van der Waals surface area contributed by atoms with E-state index in [0.717, 1.165) is 0 Å². The number of hydrazine groups is 1. The molecule has 0 aliphatic heterocycles. The molecule has 0 aliphatic rings. The Balaban J connectivity index is 2.72. The van der Waals surface area contributed by atoms with Crippen molar-refractivity contribution in [2.75, 3.05) is 0 Å². The van der Waals surface area contributed by atoms with Crippen molar-refractivity contribution >= 4 is 27.7 Å². The first-order valence-corrected chi connectivity index (χ1v) is 7.23. The van der Waals surface area contributed by atoms with Gasteiger partial charge in [-0.3, -0.25) is 0 Å². The van der Waals surface area contributed by atoms with Gasteiger partial charge in [-0.15, -0.1) is 4.83 Å². The Morgan fingerprint density at radius 3 is 2.37 bits per heavy atom. The largest absolute Gasteiger partial charge is 0.443 e. The summed E-state index contributed by atoms with van der Waals surface area (Å²) in [5.74, 6) is 0. The zero-order chi connectivity index (χ0) is 14.7. The Morgan fingerprint density at radius 1 is 1.26 bits per heavy atom. The molecule has 1 rings (SSSR count). The maximum atomic E-state index is 11.9. The topological polar surface area (TPSA) is 84.5 Å². The lowest BCUT2D eigenvalue weighted by Gasteiger charge is -2.19. The van der Waals surface area contributed by atoms with Crippen LogP contribution in [0.3, 0.4) is 0 Å². The summed E-state index contributed by atoms with van der Waals surface area (Å²) >= 11 is 5.77. The molecular weight excluding hydrogens is 292 g/mol. The second-order valence-electron chi connectivity index (χ2n) is 4.66. The molecule has 0 heterocycles. The highest BCUT2D eigenvalue weighted by atomic mass is 35.5. The van der Waals surface area contributed by atoms with Crippen molar-refractivity contribution in [1.82, 2.24) is 10.3 Å². The van der Waals surface area contributed by atoms with E-state index in [1.54, 1.807) is 26.8 Å². The van der Waals surface area contributed by atoms with Crippen LogP contribution in [0.1, 0.15) is 20.8 Å². The lowest BCUT2D eigenvalue weighted by Crippen LogP contribution is -2.44. The normalized spacial score (nSPS) is 12.0. The summed E-state index contributed by atoms with van der Waals surface area (Å²) in [7, 11) is -3.94. The van der Waals surface area contributed by atoms with Gasteiger partial charge in [-0.05, 0) is 32.9 Å². The maximum Gasteiger partial charge on any atom is 0.423 e. The van der Waals surface area contributed by atoms with Gasteiger partial charge in [0.15, 0.2) is 0 Å². The molecule has 0 fully saturated rings. The molecule has 0 unspecified atom stereocenters. The molecule has 106 valence electrons. The average molecular weight is 307 g/mol. The quantitative estimate of drug-likeness (QED) is 0.837. The molecule has 0 saturated heterocycles. The zero-order valence-corrected chi connectivity index (χ0v) is 12.3. The maximum absolute atomic E-state index is 11.9. The molecule has 19 heavy (non-hydrogen) atoms. The van der Waals surface area contributed by atoms with Gasteiger partial charge in [-0.2, -0.15) is 0 Å². The predicted molar refractivity (Wildman–Crippen MR) is 71.1 cm³/mol. The van der Waals surface area contributed by atoms with Gasteiger partial charge in [0.2, 0.25) is 0 Å². The van der Waals surface area contributed by atoms with Gasteiger partial charge < -0.3 is 4.74 Å². The molecule has 8 heteroatoms. The molecular formula is C11H15ClN2O4S. The summed E-state index contributed by atoms with van der Waals surface area (Å²) in [4.78, 5) is 13.1. The van der Waals surface area contributed by atoms with Crippen molar-refractivity contribution < 1.29 is 17.9 Å². The Bertz CT molecular complexity index is 566. The van der Waals surface area contributed by atoms with Crippen molar-refractivity contribution in [2.24, 2.45) is 0 Å². The first-order valence-electron chi connectivity index (χ1n) is 5.37. The standard InChI is InChI=1S/C11H15ClN2O4S/c1-11(2,3)18-10(15)13-14-19(16,17)9-7-5-4-6-8(9)12/h4-7,14H,1-3H3,(H,13,15). The van der Waals surface area contributed by atoms with Crippen LogP contribution >= 0.6 is 11.6 Å². The number of hydrogen-bond acceptors (Lipinski definition) is 4. The summed E-state index contributed by atoms with van der Waals surface area (Å²) in [6, 6.07) is 5.88. The van der Waals surface area contributed by atoms with Gasteiger partial charge in [-0.1, -0.05) is 23.7 Å². The Morgan fingerprint density at radius 2 is 1.84 bits per heavy atom. The Labute approximate surface area is 117 Å². The van der Waals surface area contributed by atoms with Crippen LogP contribution in [0.4, 0.5) is 4.79 Å². The van der Waals surface area contributed by atoms with Crippen molar-refractivity contribution in [1.29, 1.82) is 0 Å². The van der Waals surface area contributed by atoms with E-state index in [4.69, 9.17) is 16.3 Å². The number of carbonyl (C=O) groups excluding carboxylic acids is 1. The van der Waals surface area contributed by atoms with Crippen molar-refractivity contribution in [3.05, 3.63) is 29.3 Å². The summed E-state index contributed by atoms with van der Waals surface area (Å²) in [6.07, 6.45) is -0.900. The monoisotopic (exact) mass is 306 g/mol. The van der Waals surface area contributed by atoms with E-state index in [0.29, 0.717) is 0 Å². The fraction of sp³-hybridized carbons (Fsp3) is 0.364. The minimum Gasteiger partial charge on any atom is -0.443 e. The number of ether oxygens (including phenoxy) is 1. The predicted octanol–water partition coefficient (Wildman–Crippen LogP) is 2.06. The Kier molecular flexibility index (Phi) is 4.78. The fourth-order valence-corrected chi connectivity index (χ4v) is 2.48. The third kappa shape index (κ3) is 5.06. The minimum absolute atomic E-state index is 0.0565. The molecule has 0 atom stereocenters. The van der Waals surface area contributed by atoms with Gasteiger partial charge in [0.25, 0.3) is 10.0 Å². The molecule has 0 bridgehead atoms. The first-order chi connectivity index (χ1) is 8.62. The van der Waals surface area contributed by atoms with Crippen LogP contribution in [-0.2, 0) is 14.8 Å². The van der Waals surface area contributed by atoms with Crippen molar-refractivity contribution in [3.8, 4) is 0 Å². The minimum atomic E-state index is -3.94. The van der Waals surface area contributed by atoms with Gasteiger partial charge in [0, 0.05) is 0 Å². The fourth-order valence-electron chi connectivity index (χ4n) is 1.13. The number of sulfonamides is 1. The molecule has 0 spiro atoms. The molecule has 2 N–H and O–H groups in total. The van der Waals surface area contributed by atoms with Crippen LogP contribution in [-0.4, -0.2) is 20.1 Å². The van der Waals surface area contributed by atoms with Crippen molar-refractivity contribution in [2.45, 2.75) is 31.3 Å². The Hall–Kier alpha value is -1.31. The van der Waals surface area contributed by atoms with Crippen LogP contribution in [0, 0.1) is 0 Å². The number of amides is 1. The SMILES string of the molecule is CC(C)(C)OC(=O)NNS(=O)(=O)c1ccccc1Cl. The number of carbonyl (C=O) groups is 1. The third-order valence-corrected chi connectivity index (χ3v) is 3.56. The molecule has 6 nitrogen and oxygen atoms in total. The molecule has 0 aliphatic carbocycles. The number of nitrogens with one attached hydrogen (secondary N) is 2. The summed E-state index contributed by atoms with van der Waals surface area (Å²) < 4.78 is 28.6. The van der Waals surface area contributed by atoms with E-state index < -0.39 is 21.7 Å². The van der Waals surface area contributed by atoms with Crippen LogP contribution < -0.4 is 10.3 Å². The lowest BCUT2D eigenvalue weighted by molar-refractivity contribution is 0.0515. The second kappa shape index (κ2) is 5.77. The number of benzene rings is 1. The van der Waals surface area contributed by atoms with Crippen LogP contribution in [0.25, 0.3) is 0 Å². The lowest BCUT2D eigenvalue weighted by atomic mass is 10.2. The highest BCUT2D eigenvalue weighted by molar-refractivity contribution is 7.89. The van der Waals surface area contributed by atoms with Crippen molar-refractivity contribution in [3.63, 3.8) is 0 Å². The molecule has 0 radical (unpaired) electrons. The van der Waals surface area contributed by atoms with Crippen LogP contribution in [0.15, 0.2) is 29.2 Å². The van der Waals surface area contributed by atoms with Gasteiger partial charge >= 0.3 is 6.09 Å². The van der Waals surface area contributed by atoms with E-state index in [2.05, 4.69) is 0 Å². The van der Waals surface area contributed by atoms with E-state index in [9.17, 15) is 13.2 Å².